The van der Waals surface area contributed by atoms with Crippen LogP contribution in [-0.4, -0.2) is 40.7 Å². The molecule has 0 aliphatic carbocycles. The van der Waals surface area contributed by atoms with E-state index in [-0.39, 0.29) is 11.9 Å². The van der Waals surface area contributed by atoms with Gasteiger partial charge in [0.1, 0.15) is 5.75 Å². The van der Waals surface area contributed by atoms with Gasteiger partial charge in [0.2, 0.25) is 0 Å². The van der Waals surface area contributed by atoms with Crippen molar-refractivity contribution in [3.63, 3.8) is 0 Å². The minimum Gasteiger partial charge on any atom is -0.497 e. The molecule has 3 rings (SSSR count). The number of hydrogen-bond acceptors (Lipinski definition) is 4. The number of nitrogens with zero attached hydrogens (tertiary/aromatic N) is 2. The third-order valence-corrected chi connectivity index (χ3v) is 4.47. The molecular formula is C19H22N2O3. The Balaban J connectivity index is 1.90. The number of methoxy groups -OCH3 is 1. The van der Waals surface area contributed by atoms with Crippen molar-refractivity contribution < 1.29 is 14.6 Å². The van der Waals surface area contributed by atoms with E-state index in [0.29, 0.717) is 18.5 Å². The summed E-state index contributed by atoms with van der Waals surface area (Å²) in [6.07, 6.45) is 4.20. The predicted octanol–water partition coefficient (Wildman–Crippen LogP) is 2.60. The number of aromatic nitrogens is 1. The van der Waals surface area contributed by atoms with Gasteiger partial charge < -0.3 is 14.7 Å². The Kier molecular flexibility index (Phi) is 4.81. The lowest BCUT2D eigenvalue weighted by atomic mass is 10.0. The maximum atomic E-state index is 12.9. The Bertz CT molecular complexity index is 732. The Morgan fingerprint density at radius 2 is 2.21 bits per heavy atom. The van der Waals surface area contributed by atoms with Crippen LogP contribution in [0.1, 0.15) is 40.9 Å². The molecule has 0 bridgehead atoms. The first-order valence-electron chi connectivity index (χ1n) is 8.19. The number of ether oxygens (including phenoxy) is 1. The fraction of sp³-hybridized carbons (Fsp3) is 0.368. The molecule has 24 heavy (non-hydrogen) atoms. The molecule has 1 saturated heterocycles. The van der Waals surface area contributed by atoms with Crippen LogP contribution in [0.3, 0.4) is 0 Å². The average molecular weight is 326 g/mol. The summed E-state index contributed by atoms with van der Waals surface area (Å²) in [5, 5.41) is 10.1. The van der Waals surface area contributed by atoms with Crippen LogP contribution in [0, 0.1) is 0 Å². The fourth-order valence-corrected chi connectivity index (χ4v) is 3.17. The van der Waals surface area contributed by atoms with E-state index in [9.17, 15) is 9.90 Å². The predicted molar refractivity (Wildman–Crippen MR) is 91.0 cm³/mol. The Labute approximate surface area is 141 Å². The van der Waals surface area contributed by atoms with Gasteiger partial charge in [0.05, 0.1) is 24.8 Å². The Morgan fingerprint density at radius 3 is 2.96 bits per heavy atom. The normalized spacial score (nSPS) is 20.2. The van der Waals surface area contributed by atoms with Crippen LogP contribution in [-0.2, 0) is 6.42 Å². The molecule has 2 heterocycles. The third kappa shape index (κ3) is 3.26. The molecule has 1 aliphatic rings. The molecule has 1 N–H and O–H groups in total. The summed E-state index contributed by atoms with van der Waals surface area (Å²) in [5.41, 5.74) is 2.56. The first-order chi connectivity index (χ1) is 11.6. The molecular weight excluding hydrogens is 304 g/mol. The Morgan fingerprint density at radius 1 is 1.38 bits per heavy atom. The number of aryl methyl sites for hydroxylation is 1. The Hall–Kier alpha value is -2.40. The van der Waals surface area contributed by atoms with Crippen molar-refractivity contribution in [1.82, 2.24) is 9.88 Å². The topological polar surface area (TPSA) is 62.7 Å². The van der Waals surface area contributed by atoms with Gasteiger partial charge in [0.25, 0.3) is 5.91 Å². The van der Waals surface area contributed by atoms with Crippen LogP contribution in [0.2, 0.25) is 0 Å². The van der Waals surface area contributed by atoms with E-state index in [1.165, 1.54) is 0 Å². The largest absolute Gasteiger partial charge is 0.497 e. The molecule has 1 aliphatic heterocycles. The van der Waals surface area contributed by atoms with Crippen LogP contribution in [0.25, 0.3) is 0 Å². The maximum absolute atomic E-state index is 12.9. The number of benzene rings is 1. The number of pyridine rings is 1. The minimum absolute atomic E-state index is 0.0952. The highest BCUT2D eigenvalue weighted by Gasteiger charge is 2.36. The zero-order valence-corrected chi connectivity index (χ0v) is 14.0. The van der Waals surface area contributed by atoms with E-state index in [1.54, 1.807) is 24.4 Å². The highest BCUT2D eigenvalue weighted by Crippen LogP contribution is 2.34. The van der Waals surface area contributed by atoms with Crippen molar-refractivity contribution in [2.24, 2.45) is 0 Å². The number of aliphatic hydroxyl groups is 1. The van der Waals surface area contributed by atoms with E-state index in [0.717, 1.165) is 23.3 Å². The molecule has 1 amide bonds. The standard InChI is InChI=1S/C19H22N2O3/c1-3-13-7-15(11-20-10-13)19(23)21-12-16(22)9-18(21)14-5-4-6-17(8-14)24-2/h4-8,10-11,16,18,22H,3,9,12H2,1-2H3/t16-,18+/m1/s1. The number of rotatable bonds is 4. The fourth-order valence-electron chi connectivity index (χ4n) is 3.17. The number of likely N-dealkylation sites (tertiary alicyclic amines) is 1. The van der Waals surface area contributed by atoms with E-state index < -0.39 is 6.10 Å². The first kappa shape index (κ1) is 16.5. The zero-order chi connectivity index (χ0) is 17.1. The smallest absolute Gasteiger partial charge is 0.256 e. The summed E-state index contributed by atoms with van der Waals surface area (Å²) >= 11 is 0. The third-order valence-electron chi connectivity index (χ3n) is 4.47. The van der Waals surface area contributed by atoms with Gasteiger partial charge in [-0.05, 0) is 42.2 Å². The quantitative estimate of drug-likeness (QED) is 0.938. The van der Waals surface area contributed by atoms with Crippen LogP contribution in [0.15, 0.2) is 42.7 Å². The molecule has 1 aromatic heterocycles. The molecule has 1 aromatic carbocycles. The first-order valence-corrected chi connectivity index (χ1v) is 8.19. The van der Waals surface area contributed by atoms with Gasteiger partial charge in [-0.1, -0.05) is 19.1 Å². The van der Waals surface area contributed by atoms with Crippen LogP contribution < -0.4 is 4.74 Å². The zero-order valence-electron chi connectivity index (χ0n) is 14.0. The SMILES string of the molecule is CCc1cncc(C(=O)N2C[C@H](O)C[C@H]2c2cccc(OC)c2)c1. The van der Waals surface area contributed by atoms with Crippen LogP contribution >= 0.6 is 0 Å². The number of carbonyl (C=O) groups excluding carboxylic acids is 1. The molecule has 0 radical (unpaired) electrons. The van der Waals surface area contributed by atoms with E-state index in [2.05, 4.69) is 4.98 Å². The second-order valence-corrected chi connectivity index (χ2v) is 6.07. The van der Waals surface area contributed by atoms with Gasteiger partial charge in [-0.15, -0.1) is 0 Å². The summed E-state index contributed by atoms with van der Waals surface area (Å²) in [6, 6.07) is 9.38. The van der Waals surface area contributed by atoms with Crippen molar-refractivity contribution in [1.29, 1.82) is 0 Å². The molecule has 2 atom stereocenters. The average Bonchev–Trinajstić information content (AvgIpc) is 3.03. The van der Waals surface area contributed by atoms with Crippen molar-refractivity contribution in [3.05, 3.63) is 59.4 Å². The second-order valence-electron chi connectivity index (χ2n) is 6.07. The van der Waals surface area contributed by atoms with Crippen molar-refractivity contribution in [2.75, 3.05) is 13.7 Å². The summed E-state index contributed by atoms with van der Waals surface area (Å²) in [6.45, 7) is 2.36. The monoisotopic (exact) mass is 326 g/mol. The summed E-state index contributed by atoms with van der Waals surface area (Å²) in [4.78, 5) is 18.8. The number of carbonyl (C=O) groups is 1. The lowest BCUT2D eigenvalue weighted by Crippen LogP contribution is -2.32. The highest BCUT2D eigenvalue weighted by molar-refractivity contribution is 5.94. The lowest BCUT2D eigenvalue weighted by Gasteiger charge is -2.25. The summed E-state index contributed by atoms with van der Waals surface area (Å²) < 4.78 is 5.28. The maximum Gasteiger partial charge on any atom is 0.256 e. The van der Waals surface area contributed by atoms with Gasteiger partial charge in [-0.2, -0.15) is 0 Å². The summed E-state index contributed by atoms with van der Waals surface area (Å²) in [5.74, 6) is 0.651. The molecule has 5 heteroatoms. The minimum atomic E-state index is -0.521. The number of aliphatic hydroxyl groups excluding tert-OH is 1. The molecule has 2 aromatic rings. The van der Waals surface area contributed by atoms with Crippen molar-refractivity contribution in [2.45, 2.75) is 31.9 Å². The highest BCUT2D eigenvalue weighted by atomic mass is 16.5. The molecule has 1 fully saturated rings. The molecule has 0 saturated carbocycles. The van der Waals surface area contributed by atoms with Gasteiger partial charge >= 0.3 is 0 Å². The molecule has 0 unspecified atom stereocenters. The van der Waals surface area contributed by atoms with E-state index >= 15 is 0 Å². The van der Waals surface area contributed by atoms with Crippen LogP contribution in [0.5, 0.6) is 5.75 Å². The molecule has 0 spiro atoms. The molecule has 5 nitrogen and oxygen atoms in total. The van der Waals surface area contributed by atoms with Gasteiger partial charge in [-0.25, -0.2) is 0 Å². The lowest BCUT2D eigenvalue weighted by molar-refractivity contribution is 0.0715. The summed E-state index contributed by atoms with van der Waals surface area (Å²) in [7, 11) is 1.62. The van der Waals surface area contributed by atoms with Crippen molar-refractivity contribution in [3.8, 4) is 5.75 Å². The van der Waals surface area contributed by atoms with Gasteiger partial charge in [0, 0.05) is 18.9 Å². The van der Waals surface area contributed by atoms with Crippen LogP contribution in [0.4, 0.5) is 0 Å². The number of β-amino-alcohol motifs (C(OH)–C–C–N with tert-alkyl or cyclic N) is 1. The van der Waals surface area contributed by atoms with E-state index in [1.807, 2.05) is 37.3 Å². The van der Waals surface area contributed by atoms with Gasteiger partial charge in [-0.3, -0.25) is 9.78 Å². The molecule has 126 valence electrons. The van der Waals surface area contributed by atoms with Gasteiger partial charge in [0.15, 0.2) is 0 Å². The number of amides is 1. The second kappa shape index (κ2) is 7.01. The van der Waals surface area contributed by atoms with Crippen molar-refractivity contribution >= 4 is 5.91 Å². The van der Waals surface area contributed by atoms with E-state index in [4.69, 9.17) is 4.74 Å². The number of hydrogen-bond donors (Lipinski definition) is 1.